The van der Waals surface area contributed by atoms with E-state index in [0.29, 0.717) is 24.0 Å². The highest BCUT2D eigenvalue weighted by Crippen LogP contribution is 2.27. The maximum atomic E-state index is 11.9. The number of methoxy groups -OCH3 is 1. The van der Waals surface area contributed by atoms with E-state index in [9.17, 15) is 9.59 Å². The van der Waals surface area contributed by atoms with Gasteiger partial charge in [0.25, 0.3) is 0 Å². The van der Waals surface area contributed by atoms with E-state index >= 15 is 0 Å². The first-order chi connectivity index (χ1) is 7.35. The van der Waals surface area contributed by atoms with Gasteiger partial charge in [0.1, 0.15) is 0 Å². The van der Waals surface area contributed by atoms with E-state index in [2.05, 4.69) is 10.1 Å². The van der Waals surface area contributed by atoms with E-state index in [0.717, 1.165) is 6.42 Å². The van der Waals surface area contributed by atoms with E-state index in [1.165, 1.54) is 7.11 Å². The minimum Gasteiger partial charge on any atom is -0.466 e. The topological polar surface area (TPSA) is 55.4 Å². The molecule has 1 aliphatic carbocycles. The van der Waals surface area contributed by atoms with Crippen LogP contribution in [0.3, 0.4) is 0 Å². The van der Waals surface area contributed by atoms with Gasteiger partial charge in [-0.05, 0) is 40.0 Å². The van der Waals surface area contributed by atoms with Gasteiger partial charge >= 0.3 is 5.97 Å². The summed E-state index contributed by atoms with van der Waals surface area (Å²) in [6.07, 6.45) is 2.14. The van der Waals surface area contributed by atoms with Gasteiger partial charge in [-0.1, -0.05) is 0 Å². The van der Waals surface area contributed by atoms with Gasteiger partial charge in [0.05, 0.1) is 7.11 Å². The van der Waals surface area contributed by atoms with Crippen LogP contribution in [0.2, 0.25) is 0 Å². The van der Waals surface area contributed by atoms with Crippen molar-refractivity contribution in [2.75, 3.05) is 7.11 Å². The van der Waals surface area contributed by atoms with Crippen LogP contribution in [0.4, 0.5) is 0 Å². The molecule has 0 aromatic rings. The Labute approximate surface area is 96.0 Å². The highest BCUT2D eigenvalue weighted by molar-refractivity contribution is 6.03. The molecule has 16 heavy (non-hydrogen) atoms. The van der Waals surface area contributed by atoms with Crippen molar-refractivity contribution in [3.8, 4) is 0 Å². The molecule has 0 heterocycles. The third-order valence-corrected chi connectivity index (χ3v) is 2.41. The fraction of sp³-hybridized carbons (Fsp3) is 0.667. The molecule has 4 heteroatoms. The normalized spacial score (nSPS) is 16.2. The molecular weight excluding hydrogens is 206 g/mol. The number of ether oxygens (including phenoxy) is 1. The Hall–Kier alpha value is -1.32. The monoisotopic (exact) mass is 225 g/mol. The van der Waals surface area contributed by atoms with Crippen LogP contribution in [0.15, 0.2) is 11.1 Å². The summed E-state index contributed by atoms with van der Waals surface area (Å²) in [5.41, 5.74) is 0.833. The molecule has 1 N–H and O–H groups in total. The quantitative estimate of drug-likeness (QED) is 0.725. The summed E-state index contributed by atoms with van der Waals surface area (Å²) in [7, 11) is 1.34. The second kappa shape index (κ2) is 4.68. The van der Waals surface area contributed by atoms with E-state index in [4.69, 9.17) is 0 Å². The second-order valence-corrected chi connectivity index (χ2v) is 5.01. The maximum absolute atomic E-state index is 11.9. The molecule has 0 aromatic heterocycles. The molecule has 0 saturated carbocycles. The van der Waals surface area contributed by atoms with Gasteiger partial charge in [-0.15, -0.1) is 0 Å². The van der Waals surface area contributed by atoms with Crippen molar-refractivity contribution in [3.05, 3.63) is 11.1 Å². The molecule has 0 aromatic carbocycles. The van der Waals surface area contributed by atoms with Crippen LogP contribution >= 0.6 is 0 Å². The summed E-state index contributed by atoms with van der Waals surface area (Å²) in [6, 6.07) is 0. The van der Waals surface area contributed by atoms with Gasteiger partial charge in [0.2, 0.25) is 5.91 Å². The van der Waals surface area contributed by atoms with Crippen LogP contribution in [0.1, 0.15) is 40.0 Å². The lowest BCUT2D eigenvalue weighted by Crippen LogP contribution is -2.41. The number of hydrogen-bond acceptors (Lipinski definition) is 3. The Morgan fingerprint density at radius 2 is 1.75 bits per heavy atom. The molecule has 0 unspecified atom stereocenters. The predicted octanol–water partition coefficient (Wildman–Crippen LogP) is 1.55. The zero-order valence-electron chi connectivity index (χ0n) is 10.3. The summed E-state index contributed by atoms with van der Waals surface area (Å²) in [4.78, 5) is 23.3. The number of rotatable bonds is 2. The largest absolute Gasteiger partial charge is 0.466 e. The van der Waals surface area contributed by atoms with Crippen molar-refractivity contribution in [2.24, 2.45) is 0 Å². The number of hydrogen-bond donors (Lipinski definition) is 1. The average Bonchev–Trinajstić information content (AvgIpc) is 2.62. The molecule has 0 aliphatic heterocycles. The van der Waals surface area contributed by atoms with Crippen molar-refractivity contribution in [1.29, 1.82) is 0 Å². The van der Waals surface area contributed by atoms with Gasteiger partial charge in [0, 0.05) is 16.7 Å². The number of esters is 1. The van der Waals surface area contributed by atoms with Gasteiger partial charge in [-0.3, -0.25) is 4.79 Å². The Kier molecular flexibility index (Phi) is 3.73. The molecule has 90 valence electrons. The Bertz CT molecular complexity index is 337. The Morgan fingerprint density at radius 1 is 1.19 bits per heavy atom. The molecule has 4 nitrogen and oxygen atoms in total. The molecule has 0 bridgehead atoms. The summed E-state index contributed by atoms with van der Waals surface area (Å²) < 4.78 is 4.67. The van der Waals surface area contributed by atoms with Crippen LogP contribution in [-0.2, 0) is 14.3 Å². The second-order valence-electron chi connectivity index (χ2n) is 5.01. The molecule has 0 saturated heterocycles. The van der Waals surface area contributed by atoms with Crippen molar-refractivity contribution in [2.45, 2.75) is 45.6 Å². The highest BCUT2D eigenvalue weighted by atomic mass is 16.5. The van der Waals surface area contributed by atoms with E-state index in [-0.39, 0.29) is 17.4 Å². The van der Waals surface area contributed by atoms with Crippen LogP contribution in [-0.4, -0.2) is 24.5 Å². The minimum absolute atomic E-state index is 0.148. The molecular formula is C12H19NO3. The summed E-state index contributed by atoms with van der Waals surface area (Å²) in [5, 5.41) is 2.87. The third kappa shape index (κ3) is 3.08. The van der Waals surface area contributed by atoms with Gasteiger partial charge in [-0.2, -0.15) is 0 Å². The van der Waals surface area contributed by atoms with Gasteiger partial charge < -0.3 is 10.1 Å². The number of nitrogens with one attached hydrogen (secondary N) is 1. The lowest BCUT2D eigenvalue weighted by molar-refractivity contribution is -0.136. The first-order valence-electron chi connectivity index (χ1n) is 5.48. The van der Waals surface area contributed by atoms with Crippen LogP contribution in [0.5, 0.6) is 0 Å². The fourth-order valence-electron chi connectivity index (χ4n) is 1.76. The van der Waals surface area contributed by atoms with Crippen LogP contribution < -0.4 is 5.32 Å². The van der Waals surface area contributed by atoms with Crippen molar-refractivity contribution >= 4 is 11.9 Å². The molecule has 0 radical (unpaired) electrons. The molecule has 1 rings (SSSR count). The number of carbonyl (C=O) groups is 2. The third-order valence-electron chi connectivity index (χ3n) is 2.41. The first kappa shape index (κ1) is 12.7. The fourth-order valence-corrected chi connectivity index (χ4v) is 1.76. The maximum Gasteiger partial charge on any atom is 0.334 e. The van der Waals surface area contributed by atoms with Crippen molar-refractivity contribution < 1.29 is 14.3 Å². The smallest absolute Gasteiger partial charge is 0.334 e. The first-order valence-corrected chi connectivity index (χ1v) is 5.48. The predicted molar refractivity (Wildman–Crippen MR) is 60.8 cm³/mol. The number of carbonyl (C=O) groups excluding carboxylic acids is 2. The lowest BCUT2D eigenvalue weighted by Gasteiger charge is -2.21. The Morgan fingerprint density at radius 3 is 2.25 bits per heavy atom. The minimum atomic E-state index is -0.378. The van der Waals surface area contributed by atoms with Crippen LogP contribution in [0.25, 0.3) is 0 Å². The van der Waals surface area contributed by atoms with E-state index in [1.54, 1.807) is 0 Å². The summed E-state index contributed by atoms with van der Waals surface area (Å²) in [6.45, 7) is 5.74. The lowest BCUT2D eigenvalue weighted by atomic mass is 10.1. The molecule has 1 aliphatic rings. The number of amides is 1. The Balaban J connectivity index is 2.85. The zero-order chi connectivity index (χ0) is 12.3. The summed E-state index contributed by atoms with van der Waals surface area (Å²) >= 11 is 0. The van der Waals surface area contributed by atoms with Crippen molar-refractivity contribution in [1.82, 2.24) is 5.32 Å². The molecule has 1 amide bonds. The highest BCUT2D eigenvalue weighted by Gasteiger charge is 2.27. The molecule has 0 fully saturated rings. The van der Waals surface area contributed by atoms with Crippen molar-refractivity contribution in [3.63, 3.8) is 0 Å². The molecule has 0 atom stereocenters. The van der Waals surface area contributed by atoms with Gasteiger partial charge in [0.15, 0.2) is 0 Å². The van der Waals surface area contributed by atoms with E-state index < -0.39 is 0 Å². The van der Waals surface area contributed by atoms with Crippen LogP contribution in [0, 0.1) is 0 Å². The SMILES string of the molecule is COC(=O)C1=C(C(=O)NC(C)(C)C)CCC1. The average molecular weight is 225 g/mol. The standard InChI is InChI=1S/C12H19NO3/c1-12(2,3)13-10(14)8-6-5-7-9(8)11(15)16-4/h5-7H2,1-4H3,(H,13,14). The van der Waals surface area contributed by atoms with E-state index in [1.807, 2.05) is 20.8 Å². The van der Waals surface area contributed by atoms with Gasteiger partial charge in [-0.25, -0.2) is 4.79 Å². The zero-order valence-corrected chi connectivity index (χ0v) is 10.3. The molecule has 0 spiro atoms. The summed E-state index contributed by atoms with van der Waals surface area (Å²) in [5.74, 6) is -0.526.